The molecule has 1 aromatic carbocycles. The molecule has 0 aromatic heterocycles. The molecule has 0 radical (unpaired) electrons. The monoisotopic (exact) mass is 229 g/mol. The minimum atomic E-state index is -0.347. The van der Waals surface area contributed by atoms with Crippen LogP contribution in [0.25, 0.3) is 0 Å². The van der Waals surface area contributed by atoms with Crippen LogP contribution in [-0.4, -0.2) is 24.5 Å². The molecule has 3 N–H and O–H groups in total. The average Bonchev–Trinajstić information content (AvgIpc) is 2.17. The fourth-order valence-electron chi connectivity index (χ4n) is 1.39. The van der Waals surface area contributed by atoms with Crippen LogP contribution in [0.15, 0.2) is 6.07 Å². The zero-order valence-electron chi connectivity index (χ0n) is 8.50. The maximum absolute atomic E-state index is 11.5. The summed E-state index contributed by atoms with van der Waals surface area (Å²) in [4.78, 5) is 11.5. The number of hydrogen-bond acceptors (Lipinski definition) is 4. The predicted octanol–water partition coefficient (Wildman–Crippen LogP) is 1.50. The van der Waals surface area contributed by atoms with Crippen molar-refractivity contribution in [2.24, 2.45) is 5.73 Å². The Labute approximate surface area is 92.6 Å². The van der Waals surface area contributed by atoms with Crippen molar-refractivity contribution >= 4 is 17.4 Å². The predicted molar refractivity (Wildman–Crippen MR) is 57.8 cm³/mol. The first-order valence-corrected chi connectivity index (χ1v) is 4.70. The van der Waals surface area contributed by atoms with Gasteiger partial charge in [-0.05, 0) is 18.6 Å². The fraction of sp³-hybridized carbons (Fsp3) is 0.300. The highest BCUT2D eigenvalue weighted by molar-refractivity contribution is 6.32. The van der Waals surface area contributed by atoms with Crippen LogP contribution >= 0.6 is 11.6 Å². The van der Waals surface area contributed by atoms with Crippen LogP contribution in [0.3, 0.4) is 0 Å². The van der Waals surface area contributed by atoms with Crippen LogP contribution in [-0.2, 0) is 0 Å². The molecule has 0 heterocycles. The lowest BCUT2D eigenvalue weighted by Gasteiger charge is -2.12. The summed E-state index contributed by atoms with van der Waals surface area (Å²) in [6, 6.07) is 1.56. The minimum Gasteiger partial charge on any atom is -0.504 e. The van der Waals surface area contributed by atoms with E-state index < -0.39 is 0 Å². The van der Waals surface area contributed by atoms with E-state index in [9.17, 15) is 9.90 Å². The lowest BCUT2D eigenvalue weighted by atomic mass is 10.0. The van der Waals surface area contributed by atoms with Gasteiger partial charge in [0.15, 0.2) is 17.3 Å². The fourth-order valence-corrected chi connectivity index (χ4v) is 1.72. The van der Waals surface area contributed by atoms with Gasteiger partial charge in [-0.3, -0.25) is 4.79 Å². The van der Waals surface area contributed by atoms with E-state index in [-0.39, 0.29) is 34.4 Å². The van der Waals surface area contributed by atoms with Gasteiger partial charge in [-0.25, -0.2) is 0 Å². The maximum Gasteiger partial charge on any atom is 0.180 e. The third kappa shape index (κ3) is 2.06. The first-order valence-electron chi connectivity index (χ1n) is 4.32. The number of carbonyl (C=O) groups excluding carboxylic acids is 1. The van der Waals surface area contributed by atoms with E-state index in [1.807, 2.05) is 0 Å². The summed E-state index contributed by atoms with van der Waals surface area (Å²) in [6.07, 6.45) is 0. The summed E-state index contributed by atoms with van der Waals surface area (Å²) in [6.45, 7) is 1.51. The molecule has 0 saturated heterocycles. The molecule has 5 heteroatoms. The molecule has 15 heavy (non-hydrogen) atoms. The molecular formula is C10H12ClNO3. The zero-order valence-corrected chi connectivity index (χ0v) is 9.26. The van der Waals surface area contributed by atoms with Crippen molar-refractivity contribution < 1.29 is 14.6 Å². The quantitative estimate of drug-likeness (QED) is 0.771. The van der Waals surface area contributed by atoms with Crippen LogP contribution in [0.4, 0.5) is 0 Å². The van der Waals surface area contributed by atoms with E-state index >= 15 is 0 Å². The first-order chi connectivity index (χ1) is 7.02. The second-order valence-electron chi connectivity index (χ2n) is 3.06. The number of rotatable bonds is 3. The molecule has 0 saturated carbocycles. The van der Waals surface area contributed by atoms with Gasteiger partial charge in [0, 0.05) is 0 Å². The molecule has 0 spiro atoms. The Morgan fingerprint density at radius 2 is 2.27 bits per heavy atom. The number of Topliss-reactive ketones (excluding diaryl/α,β-unsaturated/α-hetero) is 1. The summed E-state index contributed by atoms with van der Waals surface area (Å²) in [5.74, 6) is -0.503. The first kappa shape index (κ1) is 11.8. The number of phenolic OH excluding ortho intramolecular Hbond substituents is 1. The van der Waals surface area contributed by atoms with E-state index in [0.717, 1.165) is 0 Å². The summed E-state index contributed by atoms with van der Waals surface area (Å²) in [5, 5.41) is 10.0. The molecule has 0 bridgehead atoms. The summed E-state index contributed by atoms with van der Waals surface area (Å²) < 4.78 is 4.89. The van der Waals surface area contributed by atoms with Crippen LogP contribution in [0, 0.1) is 6.92 Å². The van der Waals surface area contributed by atoms with E-state index in [1.165, 1.54) is 7.11 Å². The van der Waals surface area contributed by atoms with Crippen LogP contribution in [0.1, 0.15) is 15.9 Å². The highest BCUT2D eigenvalue weighted by Gasteiger charge is 2.19. The van der Waals surface area contributed by atoms with E-state index in [2.05, 4.69) is 0 Å². The molecule has 82 valence electrons. The molecule has 0 aliphatic heterocycles. The largest absolute Gasteiger partial charge is 0.504 e. The number of hydrogen-bond donors (Lipinski definition) is 2. The van der Waals surface area contributed by atoms with Crippen molar-refractivity contribution in [3.05, 3.63) is 22.2 Å². The number of ketones is 1. The zero-order chi connectivity index (χ0) is 11.6. The van der Waals surface area contributed by atoms with Gasteiger partial charge in [0.25, 0.3) is 0 Å². The number of carbonyl (C=O) groups is 1. The highest BCUT2D eigenvalue weighted by Crippen LogP contribution is 2.38. The Kier molecular flexibility index (Phi) is 3.55. The molecule has 1 aromatic rings. The molecule has 0 aliphatic carbocycles. The molecule has 0 amide bonds. The van der Waals surface area contributed by atoms with E-state index in [0.29, 0.717) is 5.56 Å². The third-order valence-electron chi connectivity index (χ3n) is 2.07. The normalized spacial score (nSPS) is 10.1. The van der Waals surface area contributed by atoms with Crippen molar-refractivity contribution in [3.8, 4) is 11.5 Å². The van der Waals surface area contributed by atoms with Crippen molar-refractivity contribution in [1.82, 2.24) is 0 Å². The molecular weight excluding hydrogens is 218 g/mol. The summed E-state index contributed by atoms with van der Waals surface area (Å²) >= 11 is 5.83. The standard InChI is InChI=1S/C10H12ClNO3/c1-5-3-6(11)10(15-2)9(14)8(5)7(13)4-12/h3,14H,4,12H2,1-2H3. The van der Waals surface area contributed by atoms with Gasteiger partial charge >= 0.3 is 0 Å². The topological polar surface area (TPSA) is 72.5 Å². The Morgan fingerprint density at radius 1 is 1.67 bits per heavy atom. The number of aryl methyl sites for hydroxylation is 1. The Hall–Kier alpha value is -1.26. The smallest absolute Gasteiger partial charge is 0.180 e. The van der Waals surface area contributed by atoms with Crippen molar-refractivity contribution in [1.29, 1.82) is 0 Å². The Morgan fingerprint density at radius 3 is 2.73 bits per heavy atom. The summed E-state index contributed by atoms with van der Waals surface area (Å²) in [5.41, 5.74) is 5.98. The minimum absolute atomic E-state index is 0.0964. The molecule has 0 aliphatic rings. The number of methoxy groups -OCH3 is 1. The van der Waals surface area contributed by atoms with Crippen molar-refractivity contribution in [2.45, 2.75) is 6.92 Å². The molecule has 1 rings (SSSR count). The lowest BCUT2D eigenvalue weighted by molar-refractivity contribution is 0.0997. The number of ether oxygens (including phenoxy) is 1. The SMILES string of the molecule is COc1c(Cl)cc(C)c(C(=O)CN)c1O. The van der Waals surface area contributed by atoms with Crippen LogP contribution in [0.2, 0.25) is 5.02 Å². The van der Waals surface area contributed by atoms with Crippen molar-refractivity contribution in [2.75, 3.05) is 13.7 Å². The summed E-state index contributed by atoms with van der Waals surface area (Å²) in [7, 11) is 1.37. The number of nitrogens with two attached hydrogens (primary N) is 1. The Balaban J connectivity index is 3.45. The molecule has 0 atom stereocenters. The lowest BCUT2D eigenvalue weighted by Crippen LogP contribution is -2.15. The third-order valence-corrected chi connectivity index (χ3v) is 2.36. The Bertz CT molecular complexity index is 404. The molecule has 0 fully saturated rings. The van der Waals surface area contributed by atoms with Gasteiger partial charge in [-0.1, -0.05) is 11.6 Å². The van der Waals surface area contributed by atoms with E-state index in [1.54, 1.807) is 13.0 Å². The van der Waals surface area contributed by atoms with Gasteiger partial charge in [-0.15, -0.1) is 0 Å². The van der Waals surface area contributed by atoms with Crippen molar-refractivity contribution in [3.63, 3.8) is 0 Å². The van der Waals surface area contributed by atoms with Gasteiger partial charge in [0.1, 0.15) is 0 Å². The number of aromatic hydroxyl groups is 1. The number of phenols is 1. The van der Waals surface area contributed by atoms with Crippen LogP contribution < -0.4 is 10.5 Å². The van der Waals surface area contributed by atoms with Crippen LogP contribution in [0.5, 0.6) is 11.5 Å². The number of benzene rings is 1. The average molecular weight is 230 g/mol. The second kappa shape index (κ2) is 4.51. The molecule has 0 unspecified atom stereocenters. The van der Waals surface area contributed by atoms with Gasteiger partial charge in [0.05, 0.1) is 24.2 Å². The van der Waals surface area contributed by atoms with E-state index in [4.69, 9.17) is 22.1 Å². The van der Waals surface area contributed by atoms with Gasteiger partial charge in [-0.2, -0.15) is 0 Å². The molecule has 4 nitrogen and oxygen atoms in total. The van der Waals surface area contributed by atoms with Gasteiger partial charge < -0.3 is 15.6 Å². The number of halogens is 1. The van der Waals surface area contributed by atoms with Gasteiger partial charge in [0.2, 0.25) is 0 Å². The highest BCUT2D eigenvalue weighted by atomic mass is 35.5. The maximum atomic E-state index is 11.5. The second-order valence-corrected chi connectivity index (χ2v) is 3.47.